The first-order valence-corrected chi connectivity index (χ1v) is 9.17. The molecular formula is C20H31ClN2O. The highest BCUT2D eigenvalue weighted by Crippen LogP contribution is 2.42. The van der Waals surface area contributed by atoms with Crippen molar-refractivity contribution in [3.05, 3.63) is 35.9 Å². The lowest BCUT2D eigenvalue weighted by Crippen LogP contribution is -2.49. The number of fused-ring (bicyclic) bond motifs is 2. The van der Waals surface area contributed by atoms with E-state index in [1.165, 1.54) is 24.8 Å². The van der Waals surface area contributed by atoms with Crippen molar-refractivity contribution in [2.24, 2.45) is 29.4 Å². The van der Waals surface area contributed by atoms with E-state index in [1.54, 1.807) is 0 Å². The molecule has 0 radical (unpaired) electrons. The normalized spacial score (nSPS) is 30.3. The van der Waals surface area contributed by atoms with Crippen LogP contribution in [0.15, 0.2) is 30.3 Å². The number of rotatable bonds is 4. The summed E-state index contributed by atoms with van der Waals surface area (Å²) in [7, 11) is 0. The standard InChI is InChI=1S/C20H30N2O.ClH/c1-13(2)19(14-7-4-3-5-8-14)22-20(23)17-11-15-9-6-10-16(12-17)18(15)21;/h3-5,7-8,13,15-19H,6,9-12,21H2,1-2H3,(H,22,23);1H. The highest BCUT2D eigenvalue weighted by Gasteiger charge is 2.40. The summed E-state index contributed by atoms with van der Waals surface area (Å²) < 4.78 is 0. The van der Waals surface area contributed by atoms with Crippen molar-refractivity contribution in [1.29, 1.82) is 0 Å². The summed E-state index contributed by atoms with van der Waals surface area (Å²) in [6.45, 7) is 4.34. The minimum Gasteiger partial charge on any atom is -0.349 e. The van der Waals surface area contributed by atoms with Crippen LogP contribution < -0.4 is 11.1 Å². The van der Waals surface area contributed by atoms with E-state index in [0.29, 0.717) is 23.8 Å². The molecule has 2 saturated carbocycles. The minimum absolute atomic E-state index is 0. The fourth-order valence-corrected chi connectivity index (χ4v) is 4.57. The maximum absolute atomic E-state index is 12.9. The number of benzene rings is 1. The van der Waals surface area contributed by atoms with Crippen LogP contribution in [0.3, 0.4) is 0 Å². The molecule has 24 heavy (non-hydrogen) atoms. The van der Waals surface area contributed by atoms with Crippen molar-refractivity contribution in [2.75, 3.05) is 0 Å². The van der Waals surface area contributed by atoms with Gasteiger partial charge in [0, 0.05) is 12.0 Å². The molecule has 0 spiro atoms. The molecule has 0 saturated heterocycles. The summed E-state index contributed by atoms with van der Waals surface area (Å²) in [6, 6.07) is 10.7. The molecule has 1 aromatic carbocycles. The zero-order valence-corrected chi connectivity index (χ0v) is 15.6. The van der Waals surface area contributed by atoms with Gasteiger partial charge < -0.3 is 11.1 Å². The van der Waals surface area contributed by atoms with Gasteiger partial charge in [-0.15, -0.1) is 12.4 Å². The van der Waals surface area contributed by atoms with E-state index in [9.17, 15) is 4.79 Å². The third-order valence-electron chi connectivity index (χ3n) is 5.91. The van der Waals surface area contributed by atoms with E-state index in [-0.39, 0.29) is 30.3 Å². The number of hydrogen-bond donors (Lipinski definition) is 2. The fourth-order valence-electron chi connectivity index (χ4n) is 4.57. The van der Waals surface area contributed by atoms with Crippen LogP contribution in [0.4, 0.5) is 0 Å². The average molecular weight is 351 g/mol. The van der Waals surface area contributed by atoms with E-state index >= 15 is 0 Å². The largest absolute Gasteiger partial charge is 0.349 e. The Balaban J connectivity index is 0.00000208. The molecule has 2 bridgehead atoms. The van der Waals surface area contributed by atoms with Crippen molar-refractivity contribution < 1.29 is 4.79 Å². The van der Waals surface area contributed by atoms with Gasteiger partial charge in [0.15, 0.2) is 0 Å². The Bertz CT molecular complexity index is 520. The summed E-state index contributed by atoms with van der Waals surface area (Å²) in [4.78, 5) is 12.9. The molecule has 1 aromatic rings. The van der Waals surface area contributed by atoms with Crippen molar-refractivity contribution in [3.8, 4) is 0 Å². The molecule has 134 valence electrons. The molecule has 3 rings (SSSR count). The third-order valence-corrected chi connectivity index (χ3v) is 5.91. The van der Waals surface area contributed by atoms with Gasteiger partial charge in [-0.25, -0.2) is 0 Å². The zero-order chi connectivity index (χ0) is 16.4. The second-order valence-electron chi connectivity index (χ2n) is 7.84. The first-order chi connectivity index (χ1) is 11.1. The second-order valence-corrected chi connectivity index (χ2v) is 7.84. The molecule has 2 aliphatic carbocycles. The van der Waals surface area contributed by atoms with Crippen molar-refractivity contribution in [3.63, 3.8) is 0 Å². The predicted molar refractivity (Wildman–Crippen MR) is 101 cm³/mol. The minimum atomic E-state index is 0. The molecule has 2 fully saturated rings. The number of hydrogen-bond acceptors (Lipinski definition) is 2. The number of carbonyl (C=O) groups excluding carboxylic acids is 1. The van der Waals surface area contributed by atoms with Gasteiger partial charge in [-0.05, 0) is 49.0 Å². The molecule has 3 N–H and O–H groups in total. The van der Waals surface area contributed by atoms with Gasteiger partial charge in [-0.2, -0.15) is 0 Å². The van der Waals surface area contributed by atoms with Crippen LogP contribution in [0.1, 0.15) is 57.6 Å². The quantitative estimate of drug-likeness (QED) is 0.859. The van der Waals surface area contributed by atoms with Gasteiger partial charge in [0.1, 0.15) is 0 Å². The second kappa shape index (κ2) is 8.35. The maximum Gasteiger partial charge on any atom is 0.223 e. The van der Waals surface area contributed by atoms with Crippen LogP contribution >= 0.6 is 12.4 Å². The van der Waals surface area contributed by atoms with Crippen LogP contribution in [0.25, 0.3) is 0 Å². The molecule has 3 nitrogen and oxygen atoms in total. The summed E-state index contributed by atoms with van der Waals surface area (Å²) in [6.07, 6.45) is 5.64. The Morgan fingerprint density at radius 3 is 2.25 bits per heavy atom. The molecule has 3 atom stereocenters. The maximum atomic E-state index is 12.9. The monoisotopic (exact) mass is 350 g/mol. The predicted octanol–water partition coefficient (Wildman–Crippen LogP) is 4.08. The first-order valence-electron chi connectivity index (χ1n) is 9.17. The van der Waals surface area contributed by atoms with Crippen LogP contribution in [-0.2, 0) is 4.79 Å². The van der Waals surface area contributed by atoms with Gasteiger partial charge in [-0.1, -0.05) is 50.6 Å². The van der Waals surface area contributed by atoms with Gasteiger partial charge in [0.2, 0.25) is 5.91 Å². The van der Waals surface area contributed by atoms with E-state index in [2.05, 4.69) is 31.3 Å². The SMILES string of the molecule is CC(C)C(NC(=O)C1CC2CCCC(C1)C2N)c1ccccc1.Cl. The molecule has 0 heterocycles. The molecule has 0 aromatic heterocycles. The van der Waals surface area contributed by atoms with Gasteiger partial charge in [0.05, 0.1) is 6.04 Å². The highest BCUT2D eigenvalue weighted by atomic mass is 35.5. The molecule has 0 aliphatic heterocycles. The first kappa shape index (κ1) is 19.3. The van der Waals surface area contributed by atoms with Gasteiger partial charge in [0.25, 0.3) is 0 Å². The Kier molecular flexibility index (Phi) is 6.70. The fraction of sp³-hybridized carbons (Fsp3) is 0.650. The third kappa shape index (κ3) is 4.12. The number of amides is 1. The molecule has 4 heteroatoms. The lowest BCUT2D eigenvalue weighted by molar-refractivity contribution is -0.129. The topological polar surface area (TPSA) is 55.1 Å². The van der Waals surface area contributed by atoms with E-state index in [4.69, 9.17) is 5.73 Å². The highest BCUT2D eigenvalue weighted by molar-refractivity contribution is 5.85. The molecule has 2 aliphatic rings. The van der Waals surface area contributed by atoms with Crippen molar-refractivity contribution >= 4 is 18.3 Å². The van der Waals surface area contributed by atoms with Crippen LogP contribution in [-0.4, -0.2) is 11.9 Å². The lowest BCUT2D eigenvalue weighted by Gasteiger charge is -2.43. The van der Waals surface area contributed by atoms with E-state index in [1.807, 2.05) is 18.2 Å². The summed E-state index contributed by atoms with van der Waals surface area (Å²) in [5.41, 5.74) is 7.55. The van der Waals surface area contributed by atoms with E-state index < -0.39 is 0 Å². The number of nitrogens with one attached hydrogen (secondary N) is 1. The Hall–Kier alpha value is -1.06. The number of nitrogens with two attached hydrogens (primary N) is 1. The summed E-state index contributed by atoms with van der Waals surface area (Å²) in [5.74, 6) is 1.86. The van der Waals surface area contributed by atoms with Crippen LogP contribution in [0, 0.1) is 23.7 Å². The number of halogens is 1. The van der Waals surface area contributed by atoms with Crippen LogP contribution in [0.2, 0.25) is 0 Å². The Morgan fingerprint density at radius 2 is 1.71 bits per heavy atom. The summed E-state index contributed by atoms with van der Waals surface area (Å²) >= 11 is 0. The van der Waals surface area contributed by atoms with Crippen molar-refractivity contribution in [2.45, 2.75) is 58.0 Å². The smallest absolute Gasteiger partial charge is 0.223 e. The molecule has 3 unspecified atom stereocenters. The van der Waals surface area contributed by atoms with Gasteiger partial charge in [-0.3, -0.25) is 4.79 Å². The molecular weight excluding hydrogens is 320 g/mol. The Labute approximate surface area is 152 Å². The summed E-state index contributed by atoms with van der Waals surface area (Å²) in [5, 5.41) is 3.33. The zero-order valence-electron chi connectivity index (χ0n) is 14.8. The lowest BCUT2D eigenvalue weighted by atomic mass is 9.65. The van der Waals surface area contributed by atoms with E-state index in [0.717, 1.165) is 12.8 Å². The average Bonchev–Trinajstić information content (AvgIpc) is 2.52. The number of carbonyl (C=O) groups is 1. The van der Waals surface area contributed by atoms with Crippen LogP contribution in [0.5, 0.6) is 0 Å². The Morgan fingerprint density at radius 1 is 1.12 bits per heavy atom. The molecule has 1 amide bonds. The van der Waals surface area contributed by atoms with Crippen molar-refractivity contribution in [1.82, 2.24) is 5.32 Å². The van der Waals surface area contributed by atoms with Gasteiger partial charge >= 0.3 is 0 Å².